The van der Waals surface area contributed by atoms with E-state index >= 15 is 0 Å². The molecule has 1 N–H and O–H groups in total. The van der Waals surface area contributed by atoms with Crippen molar-refractivity contribution in [2.45, 2.75) is 78.7 Å². The third-order valence-electron chi connectivity index (χ3n) is 5.22. The van der Waals surface area contributed by atoms with Gasteiger partial charge in [-0.1, -0.05) is 29.8 Å². The molecule has 5 heteroatoms. The zero-order valence-electron chi connectivity index (χ0n) is 18.8. The zero-order valence-corrected chi connectivity index (χ0v) is 18.8. The fraction of sp³-hybridized carbons (Fsp3) is 0.542. The molecule has 1 amide bonds. The summed E-state index contributed by atoms with van der Waals surface area (Å²) in [4.78, 5) is 18.3. The van der Waals surface area contributed by atoms with Crippen LogP contribution in [0.4, 0.5) is 4.79 Å². The highest BCUT2D eigenvalue weighted by Gasteiger charge is 2.45. The number of benzene rings is 1. The number of hydrogen-bond donors (Lipinski definition) is 1. The van der Waals surface area contributed by atoms with Gasteiger partial charge in [0.2, 0.25) is 0 Å². The van der Waals surface area contributed by atoms with Crippen molar-refractivity contribution in [2.24, 2.45) is 0 Å². The second-order valence-corrected chi connectivity index (χ2v) is 9.58. The normalized spacial score (nSPS) is 18.9. The van der Waals surface area contributed by atoms with Gasteiger partial charge in [-0.3, -0.25) is 4.90 Å². The fourth-order valence-electron chi connectivity index (χ4n) is 3.92. The van der Waals surface area contributed by atoms with Gasteiger partial charge in [-0.05, 0) is 66.5 Å². The molecule has 5 nitrogen and oxygen atoms in total. The minimum Gasteiger partial charge on any atom is -0.444 e. The number of fused-ring (bicyclic) bond motifs is 1. The number of rotatable bonds is 4. The van der Waals surface area contributed by atoms with Gasteiger partial charge in [-0.25, -0.2) is 4.79 Å². The van der Waals surface area contributed by atoms with E-state index in [9.17, 15) is 4.79 Å². The average Bonchev–Trinajstić information content (AvgIpc) is 3.09. The van der Waals surface area contributed by atoms with Crippen LogP contribution >= 0.6 is 0 Å². The van der Waals surface area contributed by atoms with Crippen molar-refractivity contribution in [3.63, 3.8) is 0 Å². The largest absolute Gasteiger partial charge is 0.444 e. The first kappa shape index (κ1) is 21.4. The predicted molar refractivity (Wildman–Crippen MR) is 117 cm³/mol. The third kappa shape index (κ3) is 4.84. The van der Waals surface area contributed by atoms with Gasteiger partial charge in [-0.15, -0.1) is 0 Å². The molecule has 1 aliphatic rings. The van der Waals surface area contributed by atoms with Gasteiger partial charge in [0, 0.05) is 23.0 Å². The maximum absolute atomic E-state index is 13.0. The first-order valence-electron chi connectivity index (χ1n) is 10.4. The van der Waals surface area contributed by atoms with Crippen molar-refractivity contribution >= 4 is 17.0 Å². The standard InChI is InChI=1S/C24H34N2O3/c1-16(2)12-13-21-19(18-10-8-9-11-20(18)25-21)14-17-15-28-24(6,7)26(17)22(27)29-23(3,4)5/h8-12,17,25H,13-15H2,1-7H3/t17-/m0/s1. The summed E-state index contributed by atoms with van der Waals surface area (Å²) in [6.45, 7) is 14.2. The maximum atomic E-state index is 13.0. The molecule has 1 saturated heterocycles. The van der Waals surface area contributed by atoms with Gasteiger partial charge in [0.05, 0.1) is 12.6 Å². The number of aromatic nitrogens is 1. The minimum absolute atomic E-state index is 0.0792. The van der Waals surface area contributed by atoms with Crippen molar-refractivity contribution in [1.29, 1.82) is 0 Å². The zero-order chi connectivity index (χ0) is 21.4. The first-order valence-corrected chi connectivity index (χ1v) is 10.4. The summed E-state index contributed by atoms with van der Waals surface area (Å²) in [5.74, 6) is 0. The van der Waals surface area contributed by atoms with Crippen molar-refractivity contribution in [3.05, 3.63) is 47.2 Å². The molecule has 3 rings (SSSR count). The highest BCUT2D eigenvalue weighted by molar-refractivity contribution is 5.85. The second-order valence-electron chi connectivity index (χ2n) is 9.58. The highest BCUT2D eigenvalue weighted by Crippen LogP contribution is 2.33. The number of ether oxygens (including phenoxy) is 2. The van der Waals surface area contributed by atoms with Crippen LogP contribution in [-0.4, -0.2) is 40.0 Å². The number of nitrogens with one attached hydrogen (secondary N) is 1. The van der Waals surface area contributed by atoms with E-state index in [4.69, 9.17) is 9.47 Å². The van der Waals surface area contributed by atoms with Crippen molar-refractivity contribution < 1.29 is 14.3 Å². The Labute approximate surface area is 174 Å². The molecular formula is C24H34N2O3. The quantitative estimate of drug-likeness (QED) is 0.683. The van der Waals surface area contributed by atoms with Crippen LogP contribution in [0.25, 0.3) is 10.9 Å². The van der Waals surface area contributed by atoms with E-state index in [1.165, 1.54) is 22.2 Å². The van der Waals surface area contributed by atoms with Gasteiger partial charge in [0.1, 0.15) is 11.3 Å². The smallest absolute Gasteiger partial charge is 0.412 e. The number of amides is 1. The molecule has 2 aromatic rings. The minimum atomic E-state index is -0.695. The van der Waals surface area contributed by atoms with E-state index in [1.807, 2.05) is 40.7 Å². The molecular weight excluding hydrogens is 364 g/mol. The van der Waals surface area contributed by atoms with Gasteiger partial charge >= 0.3 is 6.09 Å². The highest BCUT2D eigenvalue weighted by atomic mass is 16.6. The van der Waals surface area contributed by atoms with E-state index in [0.29, 0.717) is 6.61 Å². The fourth-order valence-corrected chi connectivity index (χ4v) is 3.92. The lowest BCUT2D eigenvalue weighted by atomic mass is 10.00. The monoisotopic (exact) mass is 398 g/mol. The van der Waals surface area contributed by atoms with E-state index in [0.717, 1.165) is 18.4 Å². The Morgan fingerprint density at radius 2 is 2.00 bits per heavy atom. The van der Waals surface area contributed by atoms with Crippen LogP contribution in [0.1, 0.15) is 59.7 Å². The van der Waals surface area contributed by atoms with Crippen molar-refractivity contribution in [2.75, 3.05) is 6.61 Å². The Hall–Kier alpha value is -2.27. The van der Waals surface area contributed by atoms with Crippen LogP contribution in [0, 0.1) is 0 Å². The van der Waals surface area contributed by atoms with Crippen LogP contribution in [-0.2, 0) is 22.3 Å². The van der Waals surface area contributed by atoms with E-state index in [-0.39, 0.29) is 12.1 Å². The summed E-state index contributed by atoms with van der Waals surface area (Å²) in [5, 5.41) is 1.21. The van der Waals surface area contributed by atoms with Crippen LogP contribution in [0.5, 0.6) is 0 Å². The van der Waals surface area contributed by atoms with E-state index in [2.05, 4.69) is 43.1 Å². The topological polar surface area (TPSA) is 54.6 Å². The molecule has 1 atom stereocenters. The Morgan fingerprint density at radius 1 is 1.31 bits per heavy atom. The number of hydrogen-bond acceptors (Lipinski definition) is 3. The van der Waals surface area contributed by atoms with E-state index < -0.39 is 11.3 Å². The lowest BCUT2D eigenvalue weighted by Crippen LogP contribution is -2.50. The number of allylic oxidation sites excluding steroid dienone is 2. The predicted octanol–water partition coefficient (Wildman–Crippen LogP) is 5.59. The Balaban J connectivity index is 1.95. The molecule has 29 heavy (non-hydrogen) atoms. The van der Waals surface area contributed by atoms with Crippen LogP contribution < -0.4 is 0 Å². The lowest BCUT2D eigenvalue weighted by Gasteiger charge is -2.35. The molecule has 0 bridgehead atoms. The van der Waals surface area contributed by atoms with Gasteiger partial charge in [-0.2, -0.15) is 0 Å². The molecule has 1 aromatic heterocycles. The molecule has 0 radical (unpaired) electrons. The van der Waals surface area contributed by atoms with Crippen molar-refractivity contribution in [1.82, 2.24) is 9.88 Å². The lowest BCUT2D eigenvalue weighted by molar-refractivity contribution is -0.0624. The van der Waals surface area contributed by atoms with E-state index in [1.54, 1.807) is 4.90 Å². The summed E-state index contributed by atoms with van der Waals surface area (Å²) in [6.07, 6.45) is 3.47. The molecule has 0 unspecified atom stereocenters. The third-order valence-corrected chi connectivity index (χ3v) is 5.22. The number of H-pyrrole nitrogens is 1. The summed E-state index contributed by atoms with van der Waals surface area (Å²) in [7, 11) is 0. The Bertz CT molecular complexity index is 914. The maximum Gasteiger partial charge on any atom is 0.412 e. The summed E-state index contributed by atoms with van der Waals surface area (Å²) in [5.41, 5.74) is 3.62. The summed E-state index contributed by atoms with van der Waals surface area (Å²) < 4.78 is 11.7. The van der Waals surface area contributed by atoms with Crippen LogP contribution in [0.15, 0.2) is 35.9 Å². The van der Waals surface area contributed by atoms with Crippen LogP contribution in [0.3, 0.4) is 0 Å². The summed E-state index contributed by atoms with van der Waals surface area (Å²) >= 11 is 0. The molecule has 0 saturated carbocycles. The molecule has 0 aliphatic carbocycles. The number of para-hydroxylation sites is 1. The summed E-state index contributed by atoms with van der Waals surface area (Å²) in [6, 6.07) is 8.27. The Kier molecular flexibility index (Phi) is 5.81. The Morgan fingerprint density at radius 3 is 2.66 bits per heavy atom. The second kappa shape index (κ2) is 7.86. The number of carbonyl (C=O) groups is 1. The van der Waals surface area contributed by atoms with Gasteiger partial charge in [0.25, 0.3) is 0 Å². The van der Waals surface area contributed by atoms with Crippen molar-refractivity contribution in [3.8, 4) is 0 Å². The number of carbonyl (C=O) groups excluding carboxylic acids is 1. The molecule has 158 valence electrons. The van der Waals surface area contributed by atoms with Crippen LogP contribution in [0.2, 0.25) is 0 Å². The molecule has 1 aliphatic heterocycles. The van der Waals surface area contributed by atoms with Gasteiger partial charge < -0.3 is 14.5 Å². The molecule has 1 aromatic carbocycles. The molecule has 1 fully saturated rings. The van der Waals surface area contributed by atoms with Gasteiger partial charge in [0.15, 0.2) is 0 Å². The number of aromatic amines is 1. The SMILES string of the molecule is CC(C)=CCc1[nH]c2ccccc2c1C[C@H]1COC(C)(C)N1C(=O)OC(C)(C)C. The molecule has 2 heterocycles. The molecule has 0 spiro atoms. The first-order chi connectivity index (χ1) is 13.5. The average molecular weight is 399 g/mol. The number of nitrogens with zero attached hydrogens (tertiary/aromatic N) is 1.